The fourth-order valence-electron chi connectivity index (χ4n) is 5.62. The zero-order chi connectivity index (χ0) is 31.2. The standard InChI is InChI=1S/C32H41N7O5/c1-5-23-9-7-8-10-27(23)38(6-2)31(41)37-21-26-28(22-37)39(32(42)44-20-19-43-4)34-29(26)33-30(40)24-11-13-25(14-12-24)36-17-15-35(3)16-18-36/h7-14H,5-6,15-22H2,1-4H3,(H,33,34,40). The summed E-state index contributed by atoms with van der Waals surface area (Å²) in [7, 11) is 3.63. The molecule has 0 spiro atoms. The molecule has 44 heavy (non-hydrogen) atoms. The maximum Gasteiger partial charge on any atom is 0.435 e. The summed E-state index contributed by atoms with van der Waals surface area (Å²) in [5.74, 6) is -0.129. The van der Waals surface area contributed by atoms with Crippen molar-refractivity contribution in [1.29, 1.82) is 0 Å². The second-order valence-electron chi connectivity index (χ2n) is 10.9. The topological polar surface area (TPSA) is 112 Å². The first-order valence-electron chi connectivity index (χ1n) is 15.1. The summed E-state index contributed by atoms with van der Waals surface area (Å²) in [5.41, 5.74) is 4.56. The van der Waals surface area contributed by atoms with Gasteiger partial charge in [0.2, 0.25) is 0 Å². The van der Waals surface area contributed by atoms with Gasteiger partial charge in [0.15, 0.2) is 5.82 Å². The van der Waals surface area contributed by atoms with E-state index in [0.717, 1.165) is 54.2 Å². The van der Waals surface area contributed by atoms with Crippen molar-refractivity contribution in [2.45, 2.75) is 33.4 Å². The Morgan fingerprint density at radius 2 is 1.68 bits per heavy atom. The van der Waals surface area contributed by atoms with Gasteiger partial charge in [-0.25, -0.2) is 9.59 Å². The molecule has 0 aliphatic carbocycles. The summed E-state index contributed by atoms with van der Waals surface area (Å²) in [6.45, 7) is 8.91. The Bertz CT molecular complexity index is 1480. The second kappa shape index (κ2) is 13.9. The van der Waals surface area contributed by atoms with Crippen molar-refractivity contribution in [2.24, 2.45) is 0 Å². The summed E-state index contributed by atoms with van der Waals surface area (Å²) < 4.78 is 11.5. The van der Waals surface area contributed by atoms with Crippen LogP contribution >= 0.6 is 0 Å². The Balaban J connectivity index is 1.36. The number of rotatable bonds is 9. The van der Waals surface area contributed by atoms with Gasteiger partial charge in [-0.15, -0.1) is 5.10 Å². The van der Waals surface area contributed by atoms with Crippen molar-refractivity contribution >= 4 is 35.2 Å². The molecule has 3 amide bonds. The van der Waals surface area contributed by atoms with E-state index in [4.69, 9.17) is 9.47 Å². The van der Waals surface area contributed by atoms with Crippen LogP contribution in [-0.2, 0) is 29.0 Å². The van der Waals surface area contributed by atoms with Crippen molar-refractivity contribution < 1.29 is 23.9 Å². The Hall–Kier alpha value is -4.42. The molecule has 2 aliphatic rings. The number of aryl methyl sites for hydroxylation is 1. The van der Waals surface area contributed by atoms with Crippen LogP contribution in [0.2, 0.25) is 0 Å². The lowest BCUT2D eigenvalue weighted by Gasteiger charge is -2.34. The number of carbonyl (C=O) groups is 3. The molecule has 1 N–H and O–H groups in total. The molecular weight excluding hydrogens is 562 g/mol. The highest BCUT2D eigenvalue weighted by atomic mass is 16.6. The van der Waals surface area contributed by atoms with Gasteiger partial charge in [0.1, 0.15) is 6.61 Å². The number of anilines is 3. The van der Waals surface area contributed by atoms with Gasteiger partial charge >= 0.3 is 12.1 Å². The van der Waals surface area contributed by atoms with Gasteiger partial charge in [-0.2, -0.15) is 4.68 Å². The van der Waals surface area contributed by atoms with Crippen LogP contribution in [0.1, 0.15) is 41.0 Å². The molecule has 234 valence electrons. The molecule has 1 saturated heterocycles. The van der Waals surface area contributed by atoms with Gasteiger partial charge in [0.25, 0.3) is 5.91 Å². The first-order chi connectivity index (χ1) is 21.3. The molecule has 12 nitrogen and oxygen atoms in total. The minimum absolute atomic E-state index is 0.0470. The Morgan fingerprint density at radius 1 is 0.955 bits per heavy atom. The number of likely N-dealkylation sites (N-methyl/N-ethyl adjacent to an activating group) is 1. The van der Waals surface area contributed by atoms with Crippen molar-refractivity contribution in [3.63, 3.8) is 0 Å². The van der Waals surface area contributed by atoms with Gasteiger partial charge in [-0.1, -0.05) is 25.1 Å². The van der Waals surface area contributed by atoms with Crippen LogP contribution in [0.25, 0.3) is 0 Å². The largest absolute Gasteiger partial charge is 0.445 e. The van der Waals surface area contributed by atoms with Crippen molar-refractivity contribution in [1.82, 2.24) is 19.6 Å². The predicted molar refractivity (Wildman–Crippen MR) is 168 cm³/mol. The zero-order valence-corrected chi connectivity index (χ0v) is 25.9. The van der Waals surface area contributed by atoms with E-state index in [1.807, 2.05) is 43.3 Å². The number of benzene rings is 2. The molecule has 3 aromatic rings. The van der Waals surface area contributed by atoms with Crippen LogP contribution in [0.3, 0.4) is 0 Å². The third-order valence-corrected chi connectivity index (χ3v) is 8.18. The molecule has 2 aliphatic heterocycles. The van der Waals surface area contributed by atoms with Crippen molar-refractivity contribution in [3.05, 3.63) is 70.9 Å². The van der Waals surface area contributed by atoms with E-state index in [9.17, 15) is 14.4 Å². The summed E-state index contributed by atoms with van der Waals surface area (Å²) >= 11 is 0. The van der Waals surface area contributed by atoms with Crippen molar-refractivity contribution in [2.75, 3.05) is 75.2 Å². The Kier molecular flexibility index (Phi) is 9.81. The van der Waals surface area contributed by atoms with Gasteiger partial charge in [-0.3, -0.25) is 9.69 Å². The number of methoxy groups -OCH3 is 1. The van der Waals surface area contributed by atoms with E-state index in [1.54, 1.807) is 21.9 Å². The number of nitrogens with one attached hydrogen (secondary N) is 1. The average Bonchev–Trinajstić information content (AvgIpc) is 3.62. The van der Waals surface area contributed by atoms with Gasteiger partial charge in [0.05, 0.1) is 25.4 Å². The van der Waals surface area contributed by atoms with E-state index in [-0.39, 0.29) is 44.1 Å². The van der Waals surface area contributed by atoms with Crippen LogP contribution in [-0.4, -0.2) is 97.7 Å². The quantitative estimate of drug-likeness (QED) is 0.365. The fourth-order valence-corrected chi connectivity index (χ4v) is 5.62. The number of piperazine rings is 1. The molecule has 0 radical (unpaired) electrons. The lowest BCUT2D eigenvalue weighted by atomic mass is 10.1. The number of hydrogen-bond donors (Lipinski definition) is 1. The van der Waals surface area contributed by atoms with E-state index in [0.29, 0.717) is 23.4 Å². The number of carbonyl (C=O) groups excluding carboxylic acids is 3. The third kappa shape index (κ3) is 6.56. The molecule has 0 atom stereocenters. The first kappa shape index (κ1) is 31.0. The maximum absolute atomic E-state index is 13.8. The van der Waals surface area contributed by atoms with E-state index in [2.05, 4.69) is 34.2 Å². The third-order valence-electron chi connectivity index (χ3n) is 8.18. The van der Waals surface area contributed by atoms with Crippen LogP contribution in [0.4, 0.5) is 26.8 Å². The zero-order valence-electron chi connectivity index (χ0n) is 25.9. The smallest absolute Gasteiger partial charge is 0.435 e. The highest BCUT2D eigenvalue weighted by Crippen LogP contribution is 2.32. The van der Waals surface area contributed by atoms with Gasteiger partial charge in [0, 0.05) is 62.3 Å². The summed E-state index contributed by atoms with van der Waals surface area (Å²) in [4.78, 5) is 48.2. The van der Waals surface area contributed by atoms with Crippen LogP contribution in [0.15, 0.2) is 48.5 Å². The lowest BCUT2D eigenvalue weighted by Crippen LogP contribution is -2.44. The molecule has 0 unspecified atom stereocenters. The SMILES string of the molecule is CCc1ccccc1N(CC)C(=O)N1Cc2c(NC(=O)c3ccc(N4CCN(C)CC4)cc3)nn(C(=O)OCCOC)c2C1. The average molecular weight is 604 g/mol. The molecule has 5 rings (SSSR count). The van der Waals surface area contributed by atoms with E-state index in [1.165, 1.54) is 7.11 Å². The van der Waals surface area contributed by atoms with Crippen LogP contribution < -0.4 is 15.1 Å². The molecule has 0 saturated carbocycles. The number of hydrogen-bond acceptors (Lipinski definition) is 8. The summed E-state index contributed by atoms with van der Waals surface area (Å²) in [6.07, 6.45) is 0.0860. The Morgan fingerprint density at radius 3 is 2.36 bits per heavy atom. The minimum Gasteiger partial charge on any atom is -0.445 e. The Labute approximate surface area is 258 Å². The minimum atomic E-state index is -0.701. The van der Waals surface area contributed by atoms with Crippen molar-refractivity contribution in [3.8, 4) is 0 Å². The van der Waals surface area contributed by atoms with E-state index < -0.39 is 6.09 Å². The monoisotopic (exact) mass is 603 g/mol. The van der Waals surface area contributed by atoms with Gasteiger partial charge in [-0.05, 0) is 56.3 Å². The predicted octanol–water partition coefficient (Wildman–Crippen LogP) is 4.04. The van der Waals surface area contributed by atoms with Gasteiger partial charge < -0.3 is 29.5 Å². The molecule has 12 heteroatoms. The number of ether oxygens (including phenoxy) is 2. The fraction of sp³-hybridized carbons (Fsp3) is 0.438. The molecule has 2 aromatic carbocycles. The number of fused-ring (bicyclic) bond motifs is 1. The molecule has 0 bridgehead atoms. The molecule has 1 aromatic heterocycles. The number of nitrogens with zero attached hydrogens (tertiary/aromatic N) is 6. The highest BCUT2D eigenvalue weighted by Gasteiger charge is 2.36. The normalized spacial score (nSPS) is 14.8. The van der Waals surface area contributed by atoms with Crippen LogP contribution in [0, 0.1) is 0 Å². The molecule has 3 heterocycles. The number of amides is 3. The van der Waals surface area contributed by atoms with E-state index >= 15 is 0 Å². The highest BCUT2D eigenvalue weighted by molar-refractivity contribution is 6.04. The molecular formula is C32H41N7O5. The molecule has 1 fully saturated rings. The van der Waals surface area contributed by atoms with Crippen LogP contribution in [0.5, 0.6) is 0 Å². The summed E-state index contributed by atoms with van der Waals surface area (Å²) in [6, 6.07) is 15.1. The number of aromatic nitrogens is 2. The lowest BCUT2D eigenvalue weighted by molar-refractivity contribution is 0.0966. The summed E-state index contributed by atoms with van der Waals surface area (Å²) in [5, 5.41) is 7.31. The maximum atomic E-state index is 13.8. The second-order valence-corrected chi connectivity index (χ2v) is 10.9. The number of para-hydroxylation sites is 1. The first-order valence-corrected chi connectivity index (χ1v) is 15.1. The number of urea groups is 1.